The van der Waals surface area contributed by atoms with Crippen molar-refractivity contribution in [3.63, 3.8) is 0 Å². The fourth-order valence-corrected chi connectivity index (χ4v) is 3.19. The quantitative estimate of drug-likeness (QED) is 0.772. The van der Waals surface area contributed by atoms with Crippen molar-refractivity contribution in [2.24, 2.45) is 5.92 Å². The number of carbonyl (C=O) groups excluding carboxylic acids is 1. The van der Waals surface area contributed by atoms with Gasteiger partial charge in [-0.3, -0.25) is 9.78 Å². The zero-order valence-electron chi connectivity index (χ0n) is 9.87. The monoisotopic (exact) mass is 232 g/mol. The molecule has 3 rings (SSSR count). The molecule has 90 valence electrons. The Morgan fingerprint density at radius 3 is 2.82 bits per heavy atom. The molecule has 17 heavy (non-hydrogen) atoms. The van der Waals surface area contributed by atoms with Crippen LogP contribution in [0, 0.1) is 5.92 Å². The number of aromatic nitrogens is 1. The lowest BCUT2D eigenvalue weighted by Gasteiger charge is -2.27. The van der Waals surface area contributed by atoms with E-state index in [4.69, 9.17) is 4.74 Å². The van der Waals surface area contributed by atoms with Gasteiger partial charge in [0.15, 0.2) is 0 Å². The number of hydrogen-bond acceptors (Lipinski definition) is 3. The number of pyridine rings is 1. The van der Waals surface area contributed by atoms with Gasteiger partial charge in [0.05, 0.1) is 12.1 Å². The number of amides is 1. The molecule has 2 heterocycles. The largest absolute Gasteiger partial charge is 0.379 e. The highest BCUT2D eigenvalue weighted by atomic mass is 16.5. The topological polar surface area (TPSA) is 42.4 Å². The third-order valence-electron chi connectivity index (χ3n) is 3.97. The highest BCUT2D eigenvalue weighted by molar-refractivity contribution is 5.94. The molecule has 1 saturated heterocycles. The lowest BCUT2D eigenvalue weighted by atomic mass is 10.1. The van der Waals surface area contributed by atoms with Crippen LogP contribution in [0.25, 0.3) is 0 Å². The summed E-state index contributed by atoms with van der Waals surface area (Å²) in [5.41, 5.74) is 0.724. The smallest absolute Gasteiger partial charge is 0.254 e. The van der Waals surface area contributed by atoms with Gasteiger partial charge in [-0.05, 0) is 25.0 Å². The zero-order valence-corrected chi connectivity index (χ0v) is 9.87. The molecule has 0 aromatic carbocycles. The van der Waals surface area contributed by atoms with Crippen LogP contribution in [0.1, 0.15) is 23.2 Å². The molecule has 0 spiro atoms. The van der Waals surface area contributed by atoms with Crippen LogP contribution < -0.4 is 0 Å². The van der Waals surface area contributed by atoms with E-state index in [1.165, 1.54) is 6.42 Å². The molecule has 4 heteroatoms. The van der Waals surface area contributed by atoms with Gasteiger partial charge in [-0.2, -0.15) is 0 Å². The van der Waals surface area contributed by atoms with E-state index in [1.807, 2.05) is 4.90 Å². The van der Waals surface area contributed by atoms with Crippen LogP contribution in [0.3, 0.4) is 0 Å². The van der Waals surface area contributed by atoms with E-state index in [1.54, 1.807) is 31.6 Å². The summed E-state index contributed by atoms with van der Waals surface area (Å²) in [5.74, 6) is 0.637. The van der Waals surface area contributed by atoms with Gasteiger partial charge in [-0.15, -0.1) is 0 Å². The summed E-state index contributed by atoms with van der Waals surface area (Å²) in [5, 5.41) is 0. The number of fused-ring (bicyclic) bond motifs is 2. The Balaban J connectivity index is 1.81. The molecule has 0 N–H and O–H groups in total. The first-order valence-corrected chi connectivity index (χ1v) is 6.05. The summed E-state index contributed by atoms with van der Waals surface area (Å²) in [4.78, 5) is 18.2. The normalized spacial score (nSPS) is 30.9. The lowest BCUT2D eigenvalue weighted by Crippen LogP contribution is -2.39. The summed E-state index contributed by atoms with van der Waals surface area (Å²) < 4.78 is 5.51. The van der Waals surface area contributed by atoms with Crippen LogP contribution in [0.5, 0.6) is 0 Å². The number of hydrogen-bond donors (Lipinski definition) is 0. The minimum absolute atomic E-state index is 0.113. The Morgan fingerprint density at radius 2 is 2.18 bits per heavy atom. The Morgan fingerprint density at radius 1 is 1.41 bits per heavy atom. The first-order valence-electron chi connectivity index (χ1n) is 6.05. The predicted molar refractivity (Wildman–Crippen MR) is 62.6 cm³/mol. The zero-order chi connectivity index (χ0) is 11.8. The van der Waals surface area contributed by atoms with Gasteiger partial charge in [-0.25, -0.2) is 0 Å². The molecule has 0 radical (unpaired) electrons. The second-order valence-electron chi connectivity index (χ2n) is 4.80. The number of nitrogens with zero attached hydrogens (tertiary/aromatic N) is 2. The molecule has 1 amide bonds. The van der Waals surface area contributed by atoms with E-state index in [0.717, 1.165) is 18.5 Å². The second-order valence-corrected chi connectivity index (χ2v) is 4.80. The number of rotatable bonds is 2. The van der Waals surface area contributed by atoms with Crippen LogP contribution in [-0.4, -0.2) is 41.6 Å². The Bertz CT molecular complexity index is 421. The first-order chi connectivity index (χ1) is 8.31. The van der Waals surface area contributed by atoms with Gasteiger partial charge in [-0.1, -0.05) is 0 Å². The van der Waals surface area contributed by atoms with Gasteiger partial charge in [0, 0.05) is 37.5 Å². The summed E-state index contributed by atoms with van der Waals surface area (Å²) in [6.07, 6.45) is 5.81. The average Bonchev–Trinajstić information content (AvgIpc) is 2.95. The Labute approximate surface area is 101 Å². The maximum absolute atomic E-state index is 12.3. The molecule has 4 nitrogen and oxygen atoms in total. The van der Waals surface area contributed by atoms with Crippen molar-refractivity contribution in [3.8, 4) is 0 Å². The molecule has 1 aliphatic heterocycles. The minimum Gasteiger partial charge on any atom is -0.379 e. The average molecular weight is 232 g/mol. The van der Waals surface area contributed by atoms with Crippen LogP contribution >= 0.6 is 0 Å². The molecule has 1 aromatic heterocycles. The third kappa shape index (κ3) is 1.63. The Hall–Kier alpha value is -1.42. The van der Waals surface area contributed by atoms with Crippen molar-refractivity contribution >= 4 is 5.91 Å². The number of ether oxygens (including phenoxy) is 1. The van der Waals surface area contributed by atoms with Crippen molar-refractivity contribution in [2.45, 2.75) is 25.0 Å². The van der Waals surface area contributed by atoms with E-state index >= 15 is 0 Å². The van der Waals surface area contributed by atoms with Crippen molar-refractivity contribution in [2.75, 3.05) is 13.7 Å². The first kappa shape index (κ1) is 10.7. The van der Waals surface area contributed by atoms with Crippen LogP contribution in [0.4, 0.5) is 0 Å². The minimum atomic E-state index is 0.113. The summed E-state index contributed by atoms with van der Waals surface area (Å²) in [7, 11) is 1.75. The highest BCUT2D eigenvalue weighted by Crippen LogP contribution is 2.40. The van der Waals surface area contributed by atoms with Gasteiger partial charge in [0.1, 0.15) is 0 Å². The summed E-state index contributed by atoms with van der Waals surface area (Å²) in [6, 6.07) is 3.82. The SMILES string of the molecule is COC1C2CCC1N(C(=O)c1ccncc1)C2. The van der Waals surface area contributed by atoms with Crippen molar-refractivity contribution in [3.05, 3.63) is 30.1 Å². The number of carbonyl (C=O) groups is 1. The molecular weight excluding hydrogens is 216 g/mol. The maximum Gasteiger partial charge on any atom is 0.254 e. The van der Waals surface area contributed by atoms with Crippen molar-refractivity contribution in [1.29, 1.82) is 0 Å². The number of methoxy groups -OCH3 is 1. The van der Waals surface area contributed by atoms with E-state index < -0.39 is 0 Å². The molecule has 2 fully saturated rings. The van der Waals surface area contributed by atoms with Crippen molar-refractivity contribution in [1.82, 2.24) is 9.88 Å². The number of piperidine rings is 1. The molecule has 1 aromatic rings. The molecule has 2 bridgehead atoms. The summed E-state index contributed by atoms with van der Waals surface area (Å²) >= 11 is 0. The van der Waals surface area contributed by atoms with Crippen LogP contribution in [0.2, 0.25) is 0 Å². The predicted octanol–water partition coefficient (Wildman–Crippen LogP) is 1.33. The number of likely N-dealkylation sites (tertiary alicyclic amines) is 1. The van der Waals surface area contributed by atoms with Gasteiger partial charge in [0.2, 0.25) is 0 Å². The lowest BCUT2D eigenvalue weighted by molar-refractivity contribution is 0.0546. The second kappa shape index (κ2) is 4.11. The van der Waals surface area contributed by atoms with Gasteiger partial charge in [0.25, 0.3) is 5.91 Å². The molecule has 1 saturated carbocycles. The van der Waals surface area contributed by atoms with Gasteiger partial charge < -0.3 is 9.64 Å². The van der Waals surface area contributed by atoms with E-state index in [9.17, 15) is 4.79 Å². The highest BCUT2D eigenvalue weighted by Gasteiger charge is 2.48. The fourth-order valence-electron chi connectivity index (χ4n) is 3.19. The van der Waals surface area contributed by atoms with Crippen molar-refractivity contribution < 1.29 is 9.53 Å². The van der Waals surface area contributed by atoms with E-state index in [0.29, 0.717) is 5.92 Å². The van der Waals surface area contributed by atoms with Gasteiger partial charge >= 0.3 is 0 Å². The molecular formula is C13H16N2O2. The molecule has 2 aliphatic rings. The molecule has 1 aliphatic carbocycles. The molecule has 3 unspecified atom stereocenters. The third-order valence-corrected chi connectivity index (χ3v) is 3.97. The van der Waals surface area contributed by atoms with Crippen LogP contribution in [0.15, 0.2) is 24.5 Å². The van der Waals surface area contributed by atoms with E-state index in [-0.39, 0.29) is 18.1 Å². The summed E-state index contributed by atoms with van der Waals surface area (Å²) in [6.45, 7) is 0.838. The maximum atomic E-state index is 12.3. The standard InChI is InChI=1S/C13H16N2O2/c1-17-12-10-2-3-11(12)15(8-10)13(16)9-4-6-14-7-5-9/h4-7,10-12H,2-3,8H2,1H3. The fraction of sp³-hybridized carbons (Fsp3) is 0.538. The van der Waals surface area contributed by atoms with Crippen LogP contribution in [-0.2, 0) is 4.74 Å². The Kier molecular flexibility index (Phi) is 2.59. The molecule has 3 atom stereocenters. The van der Waals surface area contributed by atoms with E-state index in [2.05, 4.69) is 4.98 Å².